The second-order valence-electron chi connectivity index (χ2n) is 6.34. The van der Waals surface area contributed by atoms with E-state index < -0.39 is 6.10 Å². The van der Waals surface area contributed by atoms with Gasteiger partial charge in [0.25, 0.3) is 5.91 Å². The van der Waals surface area contributed by atoms with Gasteiger partial charge in [0, 0.05) is 17.0 Å². The van der Waals surface area contributed by atoms with E-state index in [0.29, 0.717) is 6.54 Å². The summed E-state index contributed by atoms with van der Waals surface area (Å²) in [5, 5.41) is 2.92. The van der Waals surface area contributed by atoms with Gasteiger partial charge in [0.2, 0.25) is 0 Å². The molecular weight excluding hydrogens is 282 g/mol. The monoisotopic (exact) mass is 309 g/mol. The summed E-state index contributed by atoms with van der Waals surface area (Å²) in [7, 11) is 0. The fraction of sp³-hybridized carbons (Fsp3) is 0.588. The van der Waals surface area contributed by atoms with Crippen LogP contribution in [0.25, 0.3) is 0 Å². The number of benzene rings is 1. The molecule has 0 heterocycles. The number of thioether (sulfide) groups is 1. The van der Waals surface area contributed by atoms with E-state index in [-0.39, 0.29) is 10.7 Å². The molecule has 3 nitrogen and oxygen atoms in total. The lowest BCUT2D eigenvalue weighted by atomic mass is 10.1. The molecule has 0 aliphatic heterocycles. The third kappa shape index (κ3) is 7.42. The highest BCUT2D eigenvalue weighted by atomic mass is 32.2. The highest BCUT2D eigenvalue weighted by molar-refractivity contribution is 8.00. The number of aryl methyl sites for hydroxylation is 2. The van der Waals surface area contributed by atoms with Crippen molar-refractivity contribution in [1.82, 2.24) is 5.32 Å². The summed E-state index contributed by atoms with van der Waals surface area (Å²) in [6.07, 6.45) is -0.481. The van der Waals surface area contributed by atoms with E-state index in [0.717, 1.165) is 22.6 Å². The van der Waals surface area contributed by atoms with Crippen LogP contribution in [0.4, 0.5) is 0 Å². The van der Waals surface area contributed by atoms with Crippen LogP contribution in [0.15, 0.2) is 18.2 Å². The average Bonchev–Trinajstić information content (AvgIpc) is 2.31. The average molecular weight is 309 g/mol. The summed E-state index contributed by atoms with van der Waals surface area (Å²) in [5.74, 6) is 1.59. The summed E-state index contributed by atoms with van der Waals surface area (Å²) in [6, 6.07) is 5.99. The van der Waals surface area contributed by atoms with Crippen molar-refractivity contribution in [3.63, 3.8) is 0 Å². The zero-order chi connectivity index (χ0) is 16.0. The summed E-state index contributed by atoms with van der Waals surface area (Å²) in [6.45, 7) is 13.0. The fourth-order valence-corrected chi connectivity index (χ4v) is 2.75. The van der Waals surface area contributed by atoms with Gasteiger partial charge in [-0.3, -0.25) is 4.79 Å². The highest BCUT2D eigenvalue weighted by Crippen LogP contribution is 2.22. The van der Waals surface area contributed by atoms with Crippen molar-refractivity contribution < 1.29 is 9.53 Å². The zero-order valence-corrected chi connectivity index (χ0v) is 14.8. The molecule has 0 fully saturated rings. The molecule has 0 aliphatic rings. The topological polar surface area (TPSA) is 38.3 Å². The van der Waals surface area contributed by atoms with Crippen LogP contribution in [-0.2, 0) is 4.79 Å². The van der Waals surface area contributed by atoms with Gasteiger partial charge >= 0.3 is 0 Å². The van der Waals surface area contributed by atoms with Gasteiger partial charge in [0.15, 0.2) is 6.10 Å². The molecule has 1 aromatic carbocycles. The Hall–Kier alpha value is -1.16. The summed E-state index contributed by atoms with van der Waals surface area (Å²) < 4.78 is 5.95. The molecule has 1 amide bonds. The Morgan fingerprint density at radius 3 is 2.33 bits per heavy atom. The predicted octanol–water partition coefficient (Wildman–Crippen LogP) is 3.72. The lowest BCUT2D eigenvalue weighted by molar-refractivity contribution is -0.127. The molecule has 1 unspecified atom stereocenters. The second-order valence-corrected chi connectivity index (χ2v) is 8.26. The third-order valence-corrected chi connectivity index (χ3v) is 4.09. The highest BCUT2D eigenvalue weighted by Gasteiger charge is 2.15. The van der Waals surface area contributed by atoms with Crippen LogP contribution >= 0.6 is 11.8 Å². The quantitative estimate of drug-likeness (QED) is 0.814. The van der Waals surface area contributed by atoms with E-state index in [2.05, 4.69) is 32.2 Å². The van der Waals surface area contributed by atoms with Crippen LogP contribution in [0.1, 0.15) is 38.8 Å². The minimum absolute atomic E-state index is 0.0660. The number of amides is 1. The number of ether oxygens (including phenoxy) is 1. The molecule has 0 saturated carbocycles. The lowest BCUT2D eigenvalue weighted by Gasteiger charge is -2.19. The molecule has 0 aromatic heterocycles. The maximum Gasteiger partial charge on any atom is 0.260 e. The molecule has 0 spiro atoms. The fourth-order valence-electron chi connectivity index (χ4n) is 1.93. The summed E-state index contributed by atoms with van der Waals surface area (Å²) in [4.78, 5) is 12.0. The van der Waals surface area contributed by atoms with E-state index in [1.807, 2.05) is 37.7 Å². The molecule has 0 aliphatic carbocycles. The molecule has 4 heteroatoms. The van der Waals surface area contributed by atoms with Crippen molar-refractivity contribution in [2.24, 2.45) is 0 Å². The normalized spacial score (nSPS) is 12.9. The largest absolute Gasteiger partial charge is 0.481 e. The van der Waals surface area contributed by atoms with Gasteiger partial charge in [0.05, 0.1) is 0 Å². The third-order valence-electron chi connectivity index (χ3n) is 2.81. The van der Waals surface area contributed by atoms with Crippen LogP contribution in [0, 0.1) is 13.8 Å². The van der Waals surface area contributed by atoms with Gasteiger partial charge in [-0.05, 0) is 44.0 Å². The van der Waals surface area contributed by atoms with Crippen molar-refractivity contribution in [2.75, 3.05) is 12.3 Å². The van der Waals surface area contributed by atoms with Crippen LogP contribution in [0.3, 0.4) is 0 Å². The van der Waals surface area contributed by atoms with E-state index in [4.69, 9.17) is 4.74 Å². The van der Waals surface area contributed by atoms with Crippen molar-refractivity contribution in [1.29, 1.82) is 0 Å². The minimum atomic E-state index is -0.481. The Morgan fingerprint density at radius 2 is 1.81 bits per heavy atom. The predicted molar refractivity (Wildman–Crippen MR) is 91.2 cm³/mol. The van der Waals surface area contributed by atoms with E-state index in [1.165, 1.54) is 0 Å². The standard InChI is InChI=1S/C17H27NO2S/c1-12-9-13(2)11-15(10-12)20-14(3)16(19)18-7-8-21-17(4,5)6/h9-11,14H,7-8H2,1-6H3,(H,18,19). The first-order chi connectivity index (χ1) is 9.67. The number of hydrogen-bond acceptors (Lipinski definition) is 3. The van der Waals surface area contributed by atoms with Gasteiger partial charge in [-0.25, -0.2) is 0 Å². The Bertz CT molecular complexity index is 460. The number of hydrogen-bond donors (Lipinski definition) is 1. The Labute approximate surface area is 132 Å². The SMILES string of the molecule is Cc1cc(C)cc(OC(C)C(=O)NCCSC(C)(C)C)c1. The number of carbonyl (C=O) groups excluding carboxylic acids is 1. The Kier molecular flexibility index (Phi) is 6.59. The molecule has 1 atom stereocenters. The first kappa shape index (κ1) is 17.9. The lowest BCUT2D eigenvalue weighted by Crippen LogP contribution is -2.37. The number of rotatable bonds is 6. The Morgan fingerprint density at radius 1 is 1.24 bits per heavy atom. The van der Waals surface area contributed by atoms with Crippen molar-refractivity contribution in [3.8, 4) is 5.75 Å². The smallest absolute Gasteiger partial charge is 0.260 e. The van der Waals surface area contributed by atoms with Crippen LogP contribution in [0.5, 0.6) is 5.75 Å². The maximum absolute atomic E-state index is 12.0. The molecule has 0 bridgehead atoms. The van der Waals surface area contributed by atoms with Gasteiger partial charge in [-0.2, -0.15) is 11.8 Å². The van der Waals surface area contributed by atoms with E-state index in [1.54, 1.807) is 6.92 Å². The van der Waals surface area contributed by atoms with E-state index in [9.17, 15) is 4.79 Å². The van der Waals surface area contributed by atoms with Crippen LogP contribution in [-0.4, -0.2) is 29.1 Å². The molecule has 21 heavy (non-hydrogen) atoms. The van der Waals surface area contributed by atoms with E-state index >= 15 is 0 Å². The second kappa shape index (κ2) is 7.74. The molecule has 1 rings (SSSR count). The summed E-state index contributed by atoms with van der Waals surface area (Å²) >= 11 is 1.84. The van der Waals surface area contributed by atoms with Gasteiger partial charge < -0.3 is 10.1 Å². The molecule has 118 valence electrons. The molecular formula is C17H27NO2S. The first-order valence-electron chi connectivity index (χ1n) is 7.34. The first-order valence-corrected chi connectivity index (χ1v) is 8.32. The minimum Gasteiger partial charge on any atom is -0.481 e. The number of carbonyl (C=O) groups is 1. The van der Waals surface area contributed by atoms with Crippen molar-refractivity contribution in [3.05, 3.63) is 29.3 Å². The zero-order valence-electron chi connectivity index (χ0n) is 13.9. The van der Waals surface area contributed by atoms with Crippen LogP contribution < -0.4 is 10.1 Å². The summed E-state index contributed by atoms with van der Waals surface area (Å²) in [5.41, 5.74) is 2.28. The van der Waals surface area contributed by atoms with Gasteiger partial charge in [-0.15, -0.1) is 0 Å². The molecule has 0 radical (unpaired) electrons. The Balaban J connectivity index is 2.40. The number of nitrogens with one attached hydrogen (secondary N) is 1. The maximum atomic E-state index is 12.0. The molecule has 1 N–H and O–H groups in total. The van der Waals surface area contributed by atoms with Crippen molar-refractivity contribution >= 4 is 17.7 Å². The molecule has 1 aromatic rings. The van der Waals surface area contributed by atoms with Crippen LogP contribution in [0.2, 0.25) is 0 Å². The van der Waals surface area contributed by atoms with Gasteiger partial charge in [0.1, 0.15) is 5.75 Å². The molecule has 0 saturated heterocycles. The van der Waals surface area contributed by atoms with Crippen molar-refractivity contribution in [2.45, 2.75) is 52.4 Å². The van der Waals surface area contributed by atoms with Gasteiger partial charge in [-0.1, -0.05) is 26.8 Å².